The predicted octanol–water partition coefficient (Wildman–Crippen LogP) is 2.90. The number of carbonyl (C=O) groups excluding carboxylic acids is 1. The van der Waals surface area contributed by atoms with E-state index < -0.39 is 5.97 Å². The van der Waals surface area contributed by atoms with Gasteiger partial charge in [0.2, 0.25) is 0 Å². The topological polar surface area (TPSA) is 69.6 Å². The maximum atomic E-state index is 11.8. The monoisotopic (exact) mass is 284 g/mol. The normalized spacial score (nSPS) is 10.1. The van der Waals surface area contributed by atoms with Crippen molar-refractivity contribution in [3.8, 4) is 0 Å². The molecular weight excluding hydrogens is 268 g/mol. The minimum atomic E-state index is -0.941. The van der Waals surface area contributed by atoms with Crippen molar-refractivity contribution in [3.05, 3.63) is 28.3 Å². The van der Waals surface area contributed by atoms with Crippen LogP contribution in [0.2, 0.25) is 5.02 Å². The SMILES string of the molecule is Cc1cc(Cl)c(NC(=O)N(C)CCC(=O)O)cc1C. The number of nitrogens with one attached hydrogen (secondary N) is 1. The molecule has 0 atom stereocenters. The van der Waals surface area contributed by atoms with Gasteiger partial charge in [0.25, 0.3) is 0 Å². The minimum Gasteiger partial charge on any atom is -0.481 e. The second-order valence-electron chi connectivity index (χ2n) is 4.41. The van der Waals surface area contributed by atoms with E-state index >= 15 is 0 Å². The first-order valence-corrected chi connectivity index (χ1v) is 6.19. The van der Waals surface area contributed by atoms with E-state index in [4.69, 9.17) is 16.7 Å². The van der Waals surface area contributed by atoms with Crippen molar-refractivity contribution in [2.75, 3.05) is 18.9 Å². The number of aryl methyl sites for hydroxylation is 2. The Kier molecular flexibility index (Phi) is 5.18. The van der Waals surface area contributed by atoms with Gasteiger partial charge in [0.05, 0.1) is 17.1 Å². The predicted molar refractivity (Wildman–Crippen MR) is 74.8 cm³/mol. The molecule has 1 aromatic rings. The molecule has 0 aromatic heterocycles. The third-order valence-corrected chi connectivity index (χ3v) is 3.15. The van der Waals surface area contributed by atoms with Crippen LogP contribution in [0.4, 0.5) is 10.5 Å². The number of carbonyl (C=O) groups is 2. The molecule has 5 nitrogen and oxygen atoms in total. The van der Waals surface area contributed by atoms with Crippen LogP contribution in [0.3, 0.4) is 0 Å². The first kappa shape index (κ1) is 15.3. The van der Waals surface area contributed by atoms with Crippen molar-refractivity contribution in [1.29, 1.82) is 0 Å². The average Bonchev–Trinajstić information content (AvgIpc) is 2.32. The summed E-state index contributed by atoms with van der Waals surface area (Å²) in [5, 5.41) is 11.7. The quantitative estimate of drug-likeness (QED) is 0.893. The molecule has 0 aliphatic carbocycles. The molecule has 19 heavy (non-hydrogen) atoms. The van der Waals surface area contributed by atoms with Gasteiger partial charge in [-0.15, -0.1) is 0 Å². The highest BCUT2D eigenvalue weighted by Crippen LogP contribution is 2.25. The van der Waals surface area contributed by atoms with E-state index in [9.17, 15) is 9.59 Å². The fourth-order valence-corrected chi connectivity index (χ4v) is 1.72. The van der Waals surface area contributed by atoms with Crippen molar-refractivity contribution < 1.29 is 14.7 Å². The fraction of sp³-hybridized carbons (Fsp3) is 0.385. The Balaban J connectivity index is 2.71. The third-order valence-electron chi connectivity index (χ3n) is 2.83. The summed E-state index contributed by atoms with van der Waals surface area (Å²) in [6, 6.07) is 3.19. The minimum absolute atomic E-state index is 0.0927. The molecule has 0 bridgehead atoms. The first-order valence-electron chi connectivity index (χ1n) is 5.82. The number of amides is 2. The Morgan fingerprint density at radius 2 is 1.89 bits per heavy atom. The summed E-state index contributed by atoms with van der Waals surface area (Å²) in [6.45, 7) is 4.00. The molecule has 0 heterocycles. The van der Waals surface area contributed by atoms with Crippen molar-refractivity contribution in [1.82, 2.24) is 4.90 Å². The van der Waals surface area contributed by atoms with Crippen LogP contribution in [0.1, 0.15) is 17.5 Å². The van der Waals surface area contributed by atoms with Gasteiger partial charge in [-0.2, -0.15) is 0 Å². The molecule has 6 heteroatoms. The van der Waals surface area contributed by atoms with Crippen LogP contribution < -0.4 is 5.32 Å². The Hall–Kier alpha value is -1.75. The Morgan fingerprint density at radius 3 is 2.47 bits per heavy atom. The van der Waals surface area contributed by atoms with Gasteiger partial charge in [-0.3, -0.25) is 4.79 Å². The summed E-state index contributed by atoms with van der Waals surface area (Å²) in [5.41, 5.74) is 2.59. The average molecular weight is 285 g/mol. The molecule has 0 radical (unpaired) electrons. The molecule has 0 aliphatic rings. The Labute approximate surface area is 117 Å². The van der Waals surface area contributed by atoms with Gasteiger partial charge in [0, 0.05) is 13.6 Å². The number of halogens is 1. The summed E-state index contributed by atoms with van der Waals surface area (Å²) in [5.74, 6) is -0.941. The number of hydrogen-bond donors (Lipinski definition) is 2. The molecule has 2 N–H and O–H groups in total. The smallest absolute Gasteiger partial charge is 0.321 e. The maximum absolute atomic E-state index is 11.8. The molecule has 0 unspecified atom stereocenters. The Morgan fingerprint density at radius 1 is 1.32 bits per heavy atom. The van der Waals surface area contributed by atoms with E-state index in [0.717, 1.165) is 11.1 Å². The lowest BCUT2D eigenvalue weighted by atomic mass is 10.1. The van der Waals surface area contributed by atoms with Crippen molar-refractivity contribution in [2.24, 2.45) is 0 Å². The zero-order valence-electron chi connectivity index (χ0n) is 11.2. The number of anilines is 1. The molecule has 0 spiro atoms. The van der Waals surface area contributed by atoms with Crippen LogP contribution in [-0.2, 0) is 4.79 Å². The lowest BCUT2D eigenvalue weighted by Gasteiger charge is -2.18. The highest BCUT2D eigenvalue weighted by molar-refractivity contribution is 6.33. The van der Waals surface area contributed by atoms with Gasteiger partial charge >= 0.3 is 12.0 Å². The molecule has 1 rings (SSSR count). The largest absolute Gasteiger partial charge is 0.481 e. The van der Waals surface area contributed by atoms with Crippen molar-refractivity contribution in [3.63, 3.8) is 0 Å². The number of rotatable bonds is 4. The Bertz CT molecular complexity index is 503. The summed E-state index contributed by atoms with van der Waals surface area (Å²) in [6.07, 6.45) is -0.0927. The van der Waals surface area contributed by atoms with Gasteiger partial charge in [0.1, 0.15) is 0 Å². The lowest BCUT2D eigenvalue weighted by molar-refractivity contribution is -0.137. The number of aliphatic carboxylic acids is 1. The van der Waals surface area contributed by atoms with E-state index in [1.165, 1.54) is 11.9 Å². The molecular formula is C13H17ClN2O3. The highest BCUT2D eigenvalue weighted by atomic mass is 35.5. The lowest BCUT2D eigenvalue weighted by Crippen LogP contribution is -2.33. The van der Waals surface area contributed by atoms with Gasteiger partial charge in [-0.25, -0.2) is 4.79 Å². The van der Waals surface area contributed by atoms with Crippen LogP contribution in [-0.4, -0.2) is 35.6 Å². The van der Waals surface area contributed by atoms with Crippen LogP contribution in [0.5, 0.6) is 0 Å². The van der Waals surface area contributed by atoms with Gasteiger partial charge in [0.15, 0.2) is 0 Å². The summed E-state index contributed by atoms with van der Waals surface area (Å²) >= 11 is 6.05. The number of hydrogen-bond acceptors (Lipinski definition) is 2. The van der Waals surface area contributed by atoms with E-state index in [1.807, 2.05) is 13.8 Å². The number of carboxylic acids is 1. The highest BCUT2D eigenvalue weighted by Gasteiger charge is 2.12. The van der Waals surface area contributed by atoms with Gasteiger partial charge < -0.3 is 15.3 Å². The molecule has 0 saturated heterocycles. The van der Waals surface area contributed by atoms with E-state index in [1.54, 1.807) is 12.1 Å². The van der Waals surface area contributed by atoms with E-state index in [0.29, 0.717) is 10.7 Å². The third kappa shape index (κ3) is 4.44. The standard InChI is InChI=1S/C13H17ClN2O3/c1-8-6-10(14)11(7-9(8)2)15-13(19)16(3)5-4-12(17)18/h6-7H,4-5H2,1-3H3,(H,15,19)(H,17,18). The summed E-state index contributed by atoms with van der Waals surface area (Å²) in [7, 11) is 1.53. The number of nitrogens with zero attached hydrogens (tertiary/aromatic N) is 1. The van der Waals surface area contributed by atoms with Gasteiger partial charge in [-0.1, -0.05) is 11.6 Å². The summed E-state index contributed by atoms with van der Waals surface area (Å²) in [4.78, 5) is 23.6. The number of benzene rings is 1. The van der Waals surface area contributed by atoms with Crippen molar-refractivity contribution in [2.45, 2.75) is 20.3 Å². The van der Waals surface area contributed by atoms with Crippen LogP contribution in [0, 0.1) is 13.8 Å². The molecule has 0 fully saturated rings. The van der Waals surface area contributed by atoms with Crippen LogP contribution in [0.15, 0.2) is 12.1 Å². The molecule has 1 aromatic carbocycles. The van der Waals surface area contributed by atoms with Crippen LogP contribution >= 0.6 is 11.6 Å². The van der Waals surface area contributed by atoms with E-state index in [2.05, 4.69) is 5.32 Å². The number of carboxylic acid groups (broad SMARTS) is 1. The second kappa shape index (κ2) is 6.43. The molecule has 104 valence electrons. The molecule has 0 saturated carbocycles. The van der Waals surface area contributed by atoms with Crippen molar-refractivity contribution >= 4 is 29.3 Å². The zero-order valence-corrected chi connectivity index (χ0v) is 11.9. The van der Waals surface area contributed by atoms with Gasteiger partial charge in [-0.05, 0) is 37.1 Å². The fourth-order valence-electron chi connectivity index (χ4n) is 1.45. The zero-order chi connectivity index (χ0) is 14.6. The van der Waals surface area contributed by atoms with Crippen LogP contribution in [0.25, 0.3) is 0 Å². The second-order valence-corrected chi connectivity index (χ2v) is 4.82. The molecule has 2 amide bonds. The maximum Gasteiger partial charge on any atom is 0.321 e. The number of urea groups is 1. The first-order chi connectivity index (χ1) is 8.81. The summed E-state index contributed by atoms with van der Waals surface area (Å²) < 4.78 is 0. The van der Waals surface area contributed by atoms with E-state index in [-0.39, 0.29) is 19.0 Å². The molecule has 0 aliphatic heterocycles.